The Kier molecular flexibility index (Phi) is 2.98. The first-order valence-corrected chi connectivity index (χ1v) is 5.37. The van der Waals surface area contributed by atoms with Gasteiger partial charge >= 0.3 is 0 Å². The van der Waals surface area contributed by atoms with Gasteiger partial charge in [-0.1, -0.05) is 5.16 Å². The Morgan fingerprint density at radius 3 is 3.20 bits per heavy atom. The molecule has 0 aliphatic carbocycles. The second-order valence-corrected chi connectivity index (χ2v) is 3.79. The fourth-order valence-electron chi connectivity index (χ4n) is 1.19. The lowest BCUT2D eigenvalue weighted by atomic mass is 10.4. The first-order chi connectivity index (χ1) is 7.35. The largest absolute Gasteiger partial charge is 0.495 e. The molecule has 0 radical (unpaired) electrons. The molecule has 0 aromatic carbocycles. The van der Waals surface area contributed by atoms with Gasteiger partial charge in [-0.25, -0.2) is 0 Å². The van der Waals surface area contributed by atoms with Crippen molar-refractivity contribution in [3.63, 3.8) is 0 Å². The summed E-state index contributed by atoms with van der Waals surface area (Å²) in [5.74, 6) is 1.87. The summed E-state index contributed by atoms with van der Waals surface area (Å²) in [6, 6.07) is 1.87. The molecule has 0 amide bonds. The van der Waals surface area contributed by atoms with Gasteiger partial charge in [0.15, 0.2) is 5.82 Å². The number of hydrogen-bond acceptors (Lipinski definition) is 6. The molecular weight excluding hydrogens is 214 g/mol. The average molecular weight is 225 g/mol. The first kappa shape index (κ1) is 10.1. The summed E-state index contributed by atoms with van der Waals surface area (Å²) < 4.78 is 10.3. The van der Waals surface area contributed by atoms with E-state index in [1.807, 2.05) is 11.4 Å². The molecular formula is C9H11N3O2S. The zero-order valence-electron chi connectivity index (χ0n) is 8.27. The molecule has 0 atom stereocenters. The van der Waals surface area contributed by atoms with Crippen LogP contribution >= 0.6 is 11.3 Å². The molecule has 0 fully saturated rings. The molecule has 2 rings (SSSR count). The van der Waals surface area contributed by atoms with Crippen LogP contribution in [0.3, 0.4) is 0 Å². The van der Waals surface area contributed by atoms with Gasteiger partial charge in [0.25, 0.3) is 5.89 Å². The lowest BCUT2D eigenvalue weighted by Gasteiger charge is -1.95. The van der Waals surface area contributed by atoms with Crippen LogP contribution < -0.4 is 10.5 Å². The molecule has 0 spiro atoms. The smallest absolute Gasteiger partial charge is 0.271 e. The number of ether oxygens (including phenoxy) is 1. The number of nitrogens with zero attached hydrogens (tertiary/aromatic N) is 2. The highest BCUT2D eigenvalue weighted by atomic mass is 32.1. The summed E-state index contributed by atoms with van der Waals surface area (Å²) in [7, 11) is 1.61. The van der Waals surface area contributed by atoms with Crippen LogP contribution in [0.5, 0.6) is 5.75 Å². The topological polar surface area (TPSA) is 74.2 Å². The summed E-state index contributed by atoms with van der Waals surface area (Å²) in [5, 5.41) is 5.74. The third-order valence-electron chi connectivity index (χ3n) is 1.88. The van der Waals surface area contributed by atoms with Crippen LogP contribution in [0.2, 0.25) is 0 Å². The van der Waals surface area contributed by atoms with Gasteiger partial charge in [0.2, 0.25) is 0 Å². The molecule has 15 heavy (non-hydrogen) atoms. The summed E-state index contributed by atoms with van der Waals surface area (Å²) in [5.41, 5.74) is 5.40. The second kappa shape index (κ2) is 4.41. The zero-order valence-corrected chi connectivity index (χ0v) is 9.08. The highest BCUT2D eigenvalue weighted by Gasteiger charge is 2.14. The molecule has 0 aliphatic heterocycles. The lowest BCUT2D eigenvalue weighted by molar-refractivity contribution is 0.405. The van der Waals surface area contributed by atoms with Gasteiger partial charge in [0.05, 0.1) is 7.11 Å². The van der Waals surface area contributed by atoms with E-state index in [0.29, 0.717) is 24.7 Å². The van der Waals surface area contributed by atoms with Crippen molar-refractivity contribution in [3.05, 3.63) is 17.3 Å². The number of aromatic nitrogens is 2. The molecule has 0 unspecified atom stereocenters. The van der Waals surface area contributed by atoms with Crippen molar-refractivity contribution in [1.82, 2.24) is 10.1 Å². The van der Waals surface area contributed by atoms with E-state index in [-0.39, 0.29) is 0 Å². The minimum absolute atomic E-state index is 0.491. The van der Waals surface area contributed by atoms with Crippen molar-refractivity contribution in [2.24, 2.45) is 5.73 Å². The highest BCUT2D eigenvalue weighted by Crippen LogP contribution is 2.33. The molecule has 0 saturated heterocycles. The van der Waals surface area contributed by atoms with E-state index in [0.717, 1.165) is 10.6 Å². The molecule has 0 saturated carbocycles. The Morgan fingerprint density at radius 1 is 1.60 bits per heavy atom. The van der Waals surface area contributed by atoms with E-state index in [1.165, 1.54) is 11.3 Å². The van der Waals surface area contributed by atoms with Gasteiger partial charge in [-0.15, -0.1) is 11.3 Å². The normalized spacial score (nSPS) is 10.5. The van der Waals surface area contributed by atoms with Crippen molar-refractivity contribution in [1.29, 1.82) is 0 Å². The summed E-state index contributed by atoms with van der Waals surface area (Å²) in [6.07, 6.45) is 0.622. The molecule has 5 nitrogen and oxygen atoms in total. The van der Waals surface area contributed by atoms with Crippen LogP contribution in [-0.4, -0.2) is 23.8 Å². The van der Waals surface area contributed by atoms with Crippen LogP contribution in [0.1, 0.15) is 5.82 Å². The van der Waals surface area contributed by atoms with Crippen molar-refractivity contribution in [2.75, 3.05) is 13.7 Å². The molecule has 6 heteroatoms. The fourth-order valence-corrected chi connectivity index (χ4v) is 1.97. The first-order valence-electron chi connectivity index (χ1n) is 4.49. The monoisotopic (exact) mass is 225 g/mol. The number of nitrogens with two attached hydrogens (primary N) is 1. The molecule has 0 bridgehead atoms. The molecule has 0 aliphatic rings. The van der Waals surface area contributed by atoms with Crippen LogP contribution in [0, 0.1) is 0 Å². The quantitative estimate of drug-likeness (QED) is 0.849. The maximum Gasteiger partial charge on any atom is 0.271 e. The second-order valence-electron chi connectivity index (χ2n) is 2.87. The third-order valence-corrected chi connectivity index (χ3v) is 2.76. The van der Waals surface area contributed by atoms with Gasteiger partial charge in [-0.3, -0.25) is 0 Å². The zero-order chi connectivity index (χ0) is 10.7. The minimum atomic E-state index is 0.491. The van der Waals surface area contributed by atoms with Gasteiger partial charge < -0.3 is 15.0 Å². The van der Waals surface area contributed by atoms with E-state index in [2.05, 4.69) is 10.1 Å². The van der Waals surface area contributed by atoms with Crippen molar-refractivity contribution >= 4 is 11.3 Å². The number of methoxy groups -OCH3 is 1. The predicted octanol–water partition coefficient (Wildman–Crippen LogP) is 1.31. The predicted molar refractivity (Wildman–Crippen MR) is 56.9 cm³/mol. The van der Waals surface area contributed by atoms with Gasteiger partial charge in [-0.2, -0.15) is 4.98 Å². The minimum Gasteiger partial charge on any atom is -0.495 e. The van der Waals surface area contributed by atoms with E-state index < -0.39 is 0 Å². The van der Waals surface area contributed by atoms with Crippen molar-refractivity contribution in [2.45, 2.75) is 6.42 Å². The maximum absolute atomic E-state index is 5.40. The summed E-state index contributed by atoms with van der Waals surface area (Å²) in [4.78, 5) is 5.08. The number of rotatable bonds is 4. The molecule has 2 N–H and O–H groups in total. The lowest BCUT2D eigenvalue weighted by Crippen LogP contribution is -2.03. The third kappa shape index (κ3) is 2.00. The van der Waals surface area contributed by atoms with Gasteiger partial charge in [0, 0.05) is 6.42 Å². The van der Waals surface area contributed by atoms with Crippen molar-refractivity contribution < 1.29 is 9.26 Å². The highest BCUT2D eigenvalue weighted by molar-refractivity contribution is 7.13. The SMILES string of the molecule is COc1ccsc1-c1nc(CCN)no1. The maximum atomic E-state index is 5.40. The van der Waals surface area contributed by atoms with Crippen molar-refractivity contribution in [3.8, 4) is 16.5 Å². The standard InChI is InChI=1S/C9H11N3O2S/c1-13-6-3-5-15-8(6)9-11-7(2-4-10)12-14-9/h3,5H,2,4,10H2,1H3. The Labute approximate surface area is 90.9 Å². The summed E-state index contributed by atoms with van der Waals surface area (Å²) in [6.45, 7) is 0.514. The Bertz CT molecular complexity index is 438. The summed E-state index contributed by atoms with van der Waals surface area (Å²) >= 11 is 1.51. The van der Waals surface area contributed by atoms with E-state index in [1.54, 1.807) is 7.11 Å². The van der Waals surface area contributed by atoms with Gasteiger partial charge in [0.1, 0.15) is 10.6 Å². The van der Waals surface area contributed by atoms with Crippen LogP contribution in [0.4, 0.5) is 0 Å². The van der Waals surface area contributed by atoms with Crippen LogP contribution in [0.25, 0.3) is 10.8 Å². The number of hydrogen-bond donors (Lipinski definition) is 1. The Hall–Kier alpha value is -1.40. The van der Waals surface area contributed by atoms with Gasteiger partial charge in [-0.05, 0) is 18.0 Å². The number of thiophene rings is 1. The Morgan fingerprint density at radius 2 is 2.47 bits per heavy atom. The van der Waals surface area contributed by atoms with E-state index >= 15 is 0 Å². The van der Waals surface area contributed by atoms with E-state index in [9.17, 15) is 0 Å². The average Bonchev–Trinajstić information content (AvgIpc) is 2.84. The Balaban J connectivity index is 2.28. The molecule has 80 valence electrons. The molecule has 2 heterocycles. The van der Waals surface area contributed by atoms with Crippen LogP contribution in [-0.2, 0) is 6.42 Å². The van der Waals surface area contributed by atoms with Crippen LogP contribution in [0.15, 0.2) is 16.0 Å². The fraction of sp³-hybridized carbons (Fsp3) is 0.333. The molecule has 2 aromatic rings. The van der Waals surface area contributed by atoms with E-state index in [4.69, 9.17) is 15.0 Å². The molecule has 2 aromatic heterocycles.